The van der Waals surface area contributed by atoms with Crippen molar-refractivity contribution >= 4 is 28.9 Å². The Morgan fingerprint density at radius 1 is 1.14 bits per heavy atom. The summed E-state index contributed by atoms with van der Waals surface area (Å²) in [6, 6.07) is 18.5. The van der Waals surface area contributed by atoms with E-state index in [1.54, 1.807) is 35.5 Å². The summed E-state index contributed by atoms with van der Waals surface area (Å²) in [5.41, 5.74) is 2.10. The topological polar surface area (TPSA) is 55.8 Å². The number of esters is 1. The minimum absolute atomic E-state index is 0.235. The lowest BCUT2D eigenvalue weighted by Crippen LogP contribution is -2.44. The number of methoxy groups -OCH3 is 1. The van der Waals surface area contributed by atoms with Gasteiger partial charge in [-0.2, -0.15) is 0 Å². The average Bonchev–Trinajstić information content (AvgIpc) is 3.25. The van der Waals surface area contributed by atoms with Gasteiger partial charge in [0.1, 0.15) is 5.75 Å². The highest BCUT2D eigenvalue weighted by Gasteiger charge is 2.34. The van der Waals surface area contributed by atoms with Gasteiger partial charge in [-0.05, 0) is 47.3 Å². The van der Waals surface area contributed by atoms with E-state index in [1.807, 2.05) is 53.9 Å². The zero-order valence-corrected chi connectivity index (χ0v) is 16.1. The summed E-state index contributed by atoms with van der Waals surface area (Å²) in [6.45, 7) is 0.415. The second kappa shape index (κ2) is 7.86. The molecule has 1 aliphatic rings. The summed E-state index contributed by atoms with van der Waals surface area (Å²) in [6.07, 6.45) is -0.470. The highest BCUT2D eigenvalue weighted by Crippen LogP contribution is 2.27. The van der Waals surface area contributed by atoms with Crippen LogP contribution in [-0.4, -0.2) is 25.1 Å². The minimum atomic E-state index is -0.843. The van der Waals surface area contributed by atoms with Crippen molar-refractivity contribution in [3.05, 3.63) is 82.0 Å². The largest absolute Gasteiger partial charge is 0.497 e. The summed E-state index contributed by atoms with van der Waals surface area (Å²) in [4.78, 5) is 28.4. The molecule has 0 bridgehead atoms. The zero-order valence-electron chi connectivity index (χ0n) is 15.3. The van der Waals surface area contributed by atoms with Crippen LogP contribution in [0.25, 0.3) is 0 Å². The molecule has 1 aliphatic heterocycles. The van der Waals surface area contributed by atoms with Gasteiger partial charge in [-0.1, -0.05) is 24.3 Å². The van der Waals surface area contributed by atoms with E-state index >= 15 is 0 Å². The first kappa shape index (κ1) is 18.3. The number of cyclic esters (lactones) is 1. The second-order valence-electron chi connectivity index (χ2n) is 6.46. The summed E-state index contributed by atoms with van der Waals surface area (Å²) < 4.78 is 10.7. The first-order valence-electron chi connectivity index (χ1n) is 8.92. The monoisotopic (exact) mass is 393 g/mol. The Morgan fingerprint density at radius 3 is 2.64 bits per heavy atom. The molecule has 142 valence electrons. The van der Waals surface area contributed by atoms with Crippen molar-refractivity contribution in [3.63, 3.8) is 0 Å². The molecule has 0 saturated heterocycles. The molecule has 0 spiro atoms. The molecule has 4 rings (SSSR count). The van der Waals surface area contributed by atoms with Crippen molar-refractivity contribution in [1.29, 1.82) is 0 Å². The molecule has 0 N–H and O–H groups in total. The molecule has 6 heteroatoms. The molecule has 0 aliphatic carbocycles. The van der Waals surface area contributed by atoms with Crippen LogP contribution >= 0.6 is 11.3 Å². The van der Waals surface area contributed by atoms with E-state index in [0.717, 1.165) is 16.1 Å². The Kier molecular flexibility index (Phi) is 5.12. The molecular formula is C22H19NO4S. The summed E-state index contributed by atoms with van der Waals surface area (Å²) >= 11 is 1.58. The van der Waals surface area contributed by atoms with Crippen molar-refractivity contribution in [2.24, 2.45) is 0 Å². The van der Waals surface area contributed by atoms with E-state index < -0.39 is 12.1 Å². The molecule has 3 aromatic rings. The van der Waals surface area contributed by atoms with Crippen LogP contribution in [0.1, 0.15) is 20.8 Å². The highest BCUT2D eigenvalue weighted by molar-refractivity contribution is 7.09. The van der Waals surface area contributed by atoms with Gasteiger partial charge in [0.2, 0.25) is 0 Å². The van der Waals surface area contributed by atoms with E-state index in [0.29, 0.717) is 24.3 Å². The molecule has 28 heavy (non-hydrogen) atoms. The first-order chi connectivity index (χ1) is 13.7. The third-order valence-electron chi connectivity index (χ3n) is 4.71. The summed E-state index contributed by atoms with van der Waals surface area (Å²) in [5, 5.41) is 1.98. The zero-order chi connectivity index (χ0) is 19.5. The van der Waals surface area contributed by atoms with Crippen LogP contribution in [0.3, 0.4) is 0 Å². The quantitative estimate of drug-likeness (QED) is 0.613. The fraction of sp³-hybridized carbons (Fsp3) is 0.182. The molecule has 0 saturated carbocycles. The van der Waals surface area contributed by atoms with Crippen molar-refractivity contribution in [2.45, 2.75) is 19.1 Å². The molecule has 0 fully saturated rings. The number of ether oxygens (including phenoxy) is 2. The Hall–Kier alpha value is -3.12. The van der Waals surface area contributed by atoms with E-state index in [4.69, 9.17) is 9.47 Å². The third-order valence-corrected chi connectivity index (χ3v) is 5.57. The Bertz CT molecular complexity index is 982. The van der Waals surface area contributed by atoms with Crippen molar-refractivity contribution in [2.75, 3.05) is 12.0 Å². The lowest BCUT2D eigenvalue weighted by Gasteiger charge is -2.30. The standard InChI is InChI=1S/C22H19NO4S/c1-26-17-10-8-16(9-11-17)23(14-18-6-4-12-28-18)21(24)20-13-15-5-2-3-7-19(15)22(25)27-20/h2-12,20H,13-14H2,1H3/t20-/m0/s1. The van der Waals surface area contributed by atoms with Crippen LogP contribution in [0.2, 0.25) is 0 Å². The maximum atomic E-state index is 13.4. The van der Waals surface area contributed by atoms with Crippen LogP contribution < -0.4 is 9.64 Å². The van der Waals surface area contributed by atoms with Crippen molar-refractivity contribution in [1.82, 2.24) is 0 Å². The molecule has 1 amide bonds. The van der Waals surface area contributed by atoms with Gasteiger partial charge in [-0.15, -0.1) is 11.3 Å². The second-order valence-corrected chi connectivity index (χ2v) is 7.49. The van der Waals surface area contributed by atoms with Gasteiger partial charge in [-0.25, -0.2) is 4.79 Å². The van der Waals surface area contributed by atoms with E-state index in [1.165, 1.54) is 0 Å². The number of amides is 1. The summed E-state index contributed by atoms with van der Waals surface area (Å²) in [7, 11) is 1.60. The van der Waals surface area contributed by atoms with Crippen molar-refractivity contribution in [3.8, 4) is 5.75 Å². The van der Waals surface area contributed by atoms with Gasteiger partial charge in [-0.3, -0.25) is 4.79 Å². The smallest absolute Gasteiger partial charge is 0.339 e. The number of hydrogen-bond donors (Lipinski definition) is 0. The Balaban J connectivity index is 1.64. The van der Waals surface area contributed by atoms with Gasteiger partial charge in [0.05, 0.1) is 19.2 Å². The van der Waals surface area contributed by atoms with Crippen LogP contribution in [0.15, 0.2) is 66.0 Å². The fourth-order valence-electron chi connectivity index (χ4n) is 3.26. The molecule has 2 heterocycles. The number of carbonyl (C=O) groups excluding carboxylic acids is 2. The van der Waals surface area contributed by atoms with Gasteiger partial charge >= 0.3 is 5.97 Å². The predicted octanol–water partition coefficient (Wildman–Crippen LogP) is 4.07. The lowest BCUT2D eigenvalue weighted by atomic mass is 9.98. The average molecular weight is 393 g/mol. The number of anilines is 1. The van der Waals surface area contributed by atoms with Gasteiger partial charge in [0.15, 0.2) is 6.10 Å². The molecule has 1 aromatic heterocycles. The molecule has 5 nitrogen and oxygen atoms in total. The van der Waals surface area contributed by atoms with Crippen LogP contribution in [0.5, 0.6) is 5.75 Å². The Morgan fingerprint density at radius 2 is 1.93 bits per heavy atom. The SMILES string of the molecule is COc1ccc(N(Cc2cccs2)C(=O)[C@@H]2Cc3ccccc3C(=O)O2)cc1. The molecule has 2 aromatic carbocycles. The van der Waals surface area contributed by atoms with E-state index in [9.17, 15) is 9.59 Å². The number of fused-ring (bicyclic) bond motifs is 1. The maximum absolute atomic E-state index is 13.4. The van der Waals surface area contributed by atoms with Gasteiger partial charge < -0.3 is 14.4 Å². The molecule has 0 radical (unpaired) electrons. The number of carbonyl (C=O) groups is 2. The molecule has 0 unspecified atom stereocenters. The number of rotatable bonds is 5. The lowest BCUT2D eigenvalue weighted by molar-refractivity contribution is -0.127. The fourth-order valence-corrected chi connectivity index (χ4v) is 3.95. The van der Waals surface area contributed by atoms with Crippen LogP contribution in [0.4, 0.5) is 5.69 Å². The van der Waals surface area contributed by atoms with Crippen LogP contribution in [0, 0.1) is 0 Å². The van der Waals surface area contributed by atoms with E-state index in [2.05, 4.69) is 0 Å². The number of benzene rings is 2. The first-order valence-corrected chi connectivity index (χ1v) is 9.80. The maximum Gasteiger partial charge on any atom is 0.339 e. The molecule has 1 atom stereocenters. The van der Waals surface area contributed by atoms with Gasteiger partial charge in [0.25, 0.3) is 5.91 Å². The summed E-state index contributed by atoms with van der Waals surface area (Å²) in [5.74, 6) is 0.0257. The number of thiophene rings is 1. The van der Waals surface area contributed by atoms with Gasteiger partial charge in [0, 0.05) is 17.0 Å². The highest BCUT2D eigenvalue weighted by atomic mass is 32.1. The van der Waals surface area contributed by atoms with E-state index in [-0.39, 0.29) is 5.91 Å². The predicted molar refractivity (Wildman–Crippen MR) is 108 cm³/mol. The third kappa shape index (κ3) is 3.64. The normalized spacial score (nSPS) is 15.5. The number of hydrogen-bond acceptors (Lipinski definition) is 5. The Labute approximate surface area is 167 Å². The molecular weight excluding hydrogens is 374 g/mol. The number of nitrogens with zero attached hydrogens (tertiary/aromatic N) is 1. The van der Waals surface area contributed by atoms with Crippen LogP contribution in [-0.2, 0) is 22.5 Å². The van der Waals surface area contributed by atoms with Crippen molar-refractivity contribution < 1.29 is 19.1 Å². The minimum Gasteiger partial charge on any atom is -0.497 e.